The number of anilines is 1. The van der Waals surface area contributed by atoms with Gasteiger partial charge in [0.15, 0.2) is 0 Å². The molecule has 0 aromatic heterocycles. The molecule has 35 heavy (non-hydrogen) atoms. The molecule has 12 heteroatoms. The topological polar surface area (TPSA) is 33.7 Å². The third kappa shape index (κ3) is 34.8. The van der Waals surface area contributed by atoms with Gasteiger partial charge in [0.2, 0.25) is 0 Å². The number of morpholine rings is 2. The van der Waals surface area contributed by atoms with Crippen LogP contribution in [0.5, 0.6) is 0 Å². The van der Waals surface area contributed by atoms with E-state index in [0.29, 0.717) is 13.3 Å². The zero-order valence-corrected chi connectivity index (χ0v) is 39.4. The van der Waals surface area contributed by atoms with Gasteiger partial charge < -0.3 is 34.5 Å². The van der Waals surface area contributed by atoms with Crippen molar-refractivity contribution < 1.29 is 88.1 Å². The van der Waals surface area contributed by atoms with E-state index in [0.717, 1.165) is 52.6 Å². The van der Waals surface area contributed by atoms with Crippen LogP contribution in [0.25, 0.3) is 0 Å². The second kappa shape index (κ2) is 43.2. The van der Waals surface area contributed by atoms with Crippen molar-refractivity contribution in [2.45, 2.75) is 6.92 Å². The van der Waals surface area contributed by atoms with Crippen molar-refractivity contribution in [2.75, 3.05) is 57.5 Å². The van der Waals surface area contributed by atoms with E-state index in [1.165, 1.54) is 11.3 Å². The number of para-hydroxylation sites is 1. The average Bonchev–Trinajstić information content (AvgIpc) is 2.84. The molecular formula is C23H37I6N2O2Y2-3. The number of nitrogens with one attached hydrogen (secondary N) is 1. The van der Waals surface area contributed by atoms with Crippen molar-refractivity contribution in [3.63, 3.8) is 0 Å². The number of hydrogen-bond donors (Lipinski definition) is 1. The molecule has 0 spiro atoms. The van der Waals surface area contributed by atoms with E-state index in [9.17, 15) is 0 Å². The number of halogens is 6. The molecule has 0 aliphatic carbocycles. The summed E-state index contributed by atoms with van der Waals surface area (Å²) in [7, 11) is 0. The number of benzene rings is 2. The average molecular weight is 1310 g/mol. The van der Waals surface area contributed by atoms with Crippen molar-refractivity contribution in [3.05, 3.63) is 81.1 Å². The Kier molecular flexibility index (Phi) is 64.6. The Hall–Kier alpha value is 4.71. The van der Waals surface area contributed by atoms with E-state index in [2.05, 4.69) is 128 Å². The zero-order valence-electron chi connectivity index (χ0n) is 20.6. The molecule has 2 aliphatic heterocycles. The molecular weight excluding hydrogens is 1280 g/mol. The molecule has 0 saturated carbocycles. The van der Waals surface area contributed by atoms with Crippen LogP contribution in [0.1, 0.15) is 5.56 Å². The molecule has 2 aromatic carbocycles. The van der Waals surface area contributed by atoms with Gasteiger partial charge in [0.25, 0.3) is 0 Å². The van der Waals surface area contributed by atoms with Gasteiger partial charge in [-0.05, 0) is 19.1 Å². The molecule has 2 aliphatic rings. The number of hydrogen-bond acceptors (Lipinski definition) is 4. The Morgan fingerprint density at radius 2 is 1.11 bits per heavy atom. The summed E-state index contributed by atoms with van der Waals surface area (Å²) >= 11 is 9.54. The monoisotopic (exact) mass is 1310 g/mol. The number of ether oxygens (including phenoxy) is 2. The summed E-state index contributed by atoms with van der Waals surface area (Å²) < 4.78 is 10.3. The maximum absolute atomic E-state index is 5.28. The predicted molar refractivity (Wildman–Crippen MR) is 189 cm³/mol. The van der Waals surface area contributed by atoms with Gasteiger partial charge in [0.05, 0.1) is 26.4 Å². The van der Waals surface area contributed by atoms with Crippen molar-refractivity contribution in [3.8, 4) is 0 Å². The Balaban J connectivity index is -0.0000000808. The standard InChI is InChI=1S/C10H13NO.C7H8.C4H9NO.2CH3.I3.I2.HI.2Y/c1-2-4-10(5-3-1)11-6-8-12-9-7-11;1-7-5-3-2-4-6-7;1-3-6-4-2-5-1;;;1-3-2;1-2;;;/h1-5H,6-9H2;2-6H,1H3;5H,1-4H2;2*1H3;;;1H;;/q;;;3*-1;;;;. The minimum atomic E-state index is 0. The fraction of sp³-hybridized carbons (Fsp3) is 0.391. The SMILES string of the molecule is C1COCCN1.Cc1ccccc1.I.II.I[I-]I.[CH3-].[CH3-].[Y].[Y].c1ccc(N2CCOCC2)cc1. The Morgan fingerprint density at radius 1 is 0.743 bits per heavy atom. The van der Waals surface area contributed by atoms with Crippen LogP contribution in [0.3, 0.4) is 0 Å². The van der Waals surface area contributed by atoms with Gasteiger partial charge in [0, 0.05) is 135 Å². The van der Waals surface area contributed by atoms with Gasteiger partial charge in [0.1, 0.15) is 0 Å². The van der Waals surface area contributed by atoms with E-state index in [4.69, 9.17) is 9.47 Å². The van der Waals surface area contributed by atoms with Crippen LogP contribution in [0.4, 0.5) is 5.69 Å². The van der Waals surface area contributed by atoms with Crippen LogP contribution in [0.2, 0.25) is 0 Å². The first-order valence-electron chi connectivity index (χ1n) is 9.47. The first-order chi connectivity index (χ1) is 14.8. The molecule has 0 unspecified atom stereocenters. The Labute approximate surface area is 336 Å². The zero-order chi connectivity index (χ0) is 22.3. The predicted octanol–water partition coefficient (Wildman–Crippen LogP) is 5.18. The second-order valence-electron chi connectivity index (χ2n) is 6.01. The molecule has 202 valence electrons. The maximum Gasteiger partial charge on any atom is 0.0642 e. The normalized spacial score (nSPS) is 12.8. The molecule has 0 atom stereocenters. The summed E-state index contributed by atoms with van der Waals surface area (Å²) in [6, 6.07) is 20.7. The molecule has 2 heterocycles. The molecule has 1 N–H and O–H groups in total. The van der Waals surface area contributed by atoms with Crippen LogP contribution in [-0.2, 0) is 74.9 Å². The summed E-state index contributed by atoms with van der Waals surface area (Å²) in [5.41, 5.74) is 2.63. The van der Waals surface area contributed by atoms with Gasteiger partial charge >= 0.3 is 50.5 Å². The minimum absolute atomic E-state index is 0. The van der Waals surface area contributed by atoms with E-state index in [1.54, 1.807) is 0 Å². The summed E-state index contributed by atoms with van der Waals surface area (Å²) in [5, 5.41) is 3.16. The molecule has 4 rings (SSSR count). The summed E-state index contributed by atoms with van der Waals surface area (Å²) in [5.74, 6) is 0. The first kappa shape index (κ1) is 52.4. The molecule has 2 radical (unpaired) electrons. The maximum atomic E-state index is 5.28. The van der Waals surface area contributed by atoms with Gasteiger partial charge in [-0.1, -0.05) is 54.1 Å². The molecule has 0 amide bonds. The van der Waals surface area contributed by atoms with Crippen LogP contribution in [-0.4, -0.2) is 52.6 Å². The van der Waals surface area contributed by atoms with Crippen molar-refractivity contribution >= 4 is 104 Å². The van der Waals surface area contributed by atoms with Crippen molar-refractivity contribution in [1.29, 1.82) is 0 Å². The quantitative estimate of drug-likeness (QED) is 0.316. The fourth-order valence-electron chi connectivity index (χ4n) is 2.51. The van der Waals surface area contributed by atoms with Crippen LogP contribution >= 0.6 is 98.4 Å². The van der Waals surface area contributed by atoms with Gasteiger partial charge in [-0.3, -0.25) is 0 Å². The summed E-state index contributed by atoms with van der Waals surface area (Å²) in [6.45, 7) is 9.66. The number of nitrogens with zero attached hydrogens (tertiary/aromatic N) is 1. The van der Waals surface area contributed by atoms with Gasteiger partial charge in [-0.15, -0.1) is 24.0 Å². The molecule has 2 aromatic rings. The summed E-state index contributed by atoms with van der Waals surface area (Å²) in [4.78, 5) is 2.35. The van der Waals surface area contributed by atoms with Crippen molar-refractivity contribution in [2.24, 2.45) is 0 Å². The number of aryl methyl sites for hydroxylation is 1. The van der Waals surface area contributed by atoms with Crippen LogP contribution in [0.15, 0.2) is 60.7 Å². The summed E-state index contributed by atoms with van der Waals surface area (Å²) in [6.07, 6.45) is 0. The third-order valence-electron chi connectivity index (χ3n) is 3.92. The van der Waals surface area contributed by atoms with E-state index >= 15 is 0 Å². The van der Waals surface area contributed by atoms with E-state index < -0.39 is 0 Å². The molecule has 4 nitrogen and oxygen atoms in total. The first-order valence-corrected chi connectivity index (χ1v) is 28.3. The van der Waals surface area contributed by atoms with E-state index in [-0.39, 0.29) is 104 Å². The Bertz CT molecular complexity index is 575. The third-order valence-corrected chi connectivity index (χ3v) is 3.92. The van der Waals surface area contributed by atoms with E-state index in [1.807, 2.05) is 24.3 Å². The number of rotatable bonds is 1. The molecule has 0 bridgehead atoms. The Morgan fingerprint density at radius 3 is 1.40 bits per heavy atom. The minimum Gasteiger partial charge on any atom is -0.378 e. The fourth-order valence-corrected chi connectivity index (χ4v) is 2.51. The van der Waals surface area contributed by atoms with Crippen LogP contribution in [0, 0.1) is 21.8 Å². The smallest absolute Gasteiger partial charge is 0.0642 e. The largest absolute Gasteiger partial charge is 0.378 e. The second-order valence-corrected chi connectivity index (χ2v) is 22.3. The van der Waals surface area contributed by atoms with Crippen molar-refractivity contribution in [1.82, 2.24) is 5.32 Å². The molecule has 2 fully saturated rings. The van der Waals surface area contributed by atoms with Gasteiger partial charge in [-0.2, -0.15) is 0 Å². The molecule has 2 saturated heterocycles. The van der Waals surface area contributed by atoms with Gasteiger partial charge in [-0.25, -0.2) is 0 Å². The van der Waals surface area contributed by atoms with Crippen LogP contribution < -0.4 is 23.5 Å².